The third-order valence-electron chi connectivity index (χ3n) is 1.71. The van der Waals surface area contributed by atoms with Crippen LogP contribution in [0.3, 0.4) is 0 Å². The number of nitrogens with two attached hydrogens (primary N) is 1. The van der Waals surface area contributed by atoms with Gasteiger partial charge in [-0.05, 0) is 6.42 Å². The molecule has 1 rings (SSSR count). The van der Waals surface area contributed by atoms with E-state index in [0.717, 1.165) is 6.42 Å². The Morgan fingerprint density at radius 2 is 2.11 bits per heavy atom. The molecule has 54 valence electrons. The Bertz CT molecular complexity index is 85.0. The average molecular weight is 129 g/mol. The molecular weight excluding hydrogens is 114 g/mol. The second-order valence-corrected chi connectivity index (χ2v) is 2.63. The van der Waals surface area contributed by atoms with E-state index in [4.69, 9.17) is 10.5 Å². The van der Waals surface area contributed by atoms with Crippen LogP contribution in [-0.2, 0) is 4.74 Å². The Labute approximate surface area is 56.4 Å². The van der Waals surface area contributed by atoms with Crippen LogP contribution in [0.1, 0.15) is 32.6 Å². The lowest BCUT2D eigenvalue weighted by atomic mass is 10.1. The summed E-state index contributed by atoms with van der Waals surface area (Å²) in [6.45, 7) is 2.20. The molecular formula is C7H15NO. The first-order valence-corrected chi connectivity index (χ1v) is 3.75. The van der Waals surface area contributed by atoms with Crippen molar-refractivity contribution in [2.24, 2.45) is 5.73 Å². The van der Waals surface area contributed by atoms with Crippen LogP contribution in [0.15, 0.2) is 0 Å². The van der Waals surface area contributed by atoms with Crippen molar-refractivity contribution in [3.05, 3.63) is 0 Å². The second-order valence-electron chi connectivity index (χ2n) is 2.63. The summed E-state index contributed by atoms with van der Waals surface area (Å²) >= 11 is 0. The lowest BCUT2D eigenvalue weighted by molar-refractivity contribution is 0.361. The van der Waals surface area contributed by atoms with Crippen LogP contribution in [0.25, 0.3) is 0 Å². The highest BCUT2D eigenvalue weighted by Gasteiger charge is 2.33. The van der Waals surface area contributed by atoms with E-state index in [1.54, 1.807) is 0 Å². The van der Waals surface area contributed by atoms with Crippen molar-refractivity contribution in [2.75, 3.05) is 0 Å². The number of unbranched alkanes of at least 4 members (excludes halogenated alkanes) is 2. The van der Waals surface area contributed by atoms with E-state index in [0.29, 0.717) is 6.10 Å². The zero-order chi connectivity index (χ0) is 6.69. The van der Waals surface area contributed by atoms with Gasteiger partial charge in [0.05, 0.1) is 6.10 Å². The first kappa shape index (κ1) is 7.03. The molecule has 1 aliphatic heterocycles. The highest BCUT2D eigenvalue weighted by molar-refractivity contribution is 4.78. The van der Waals surface area contributed by atoms with E-state index in [1.807, 2.05) is 0 Å². The molecule has 9 heavy (non-hydrogen) atoms. The summed E-state index contributed by atoms with van der Waals surface area (Å²) in [5, 5.41) is 0. The predicted octanol–water partition coefficient (Wildman–Crippen LogP) is 1.25. The number of ether oxygens (including phenoxy) is 1. The van der Waals surface area contributed by atoms with E-state index in [9.17, 15) is 0 Å². The molecule has 2 heteroatoms. The lowest BCUT2D eigenvalue weighted by Crippen LogP contribution is -2.04. The molecule has 0 aliphatic carbocycles. The number of hydrogen-bond donors (Lipinski definition) is 1. The maximum atomic E-state index is 5.43. The summed E-state index contributed by atoms with van der Waals surface area (Å²) in [6, 6.07) is 0. The summed E-state index contributed by atoms with van der Waals surface area (Å²) < 4.78 is 5.04. The molecule has 0 spiro atoms. The van der Waals surface area contributed by atoms with Gasteiger partial charge in [-0.2, -0.15) is 0 Å². The number of epoxide rings is 1. The zero-order valence-corrected chi connectivity index (χ0v) is 5.97. The van der Waals surface area contributed by atoms with E-state index < -0.39 is 0 Å². The van der Waals surface area contributed by atoms with Crippen LogP contribution in [-0.4, -0.2) is 12.3 Å². The van der Waals surface area contributed by atoms with Crippen molar-refractivity contribution in [1.29, 1.82) is 0 Å². The number of rotatable bonds is 4. The SMILES string of the molecule is CCCCCC1OC1N. The van der Waals surface area contributed by atoms with Gasteiger partial charge in [0.1, 0.15) is 6.23 Å². The molecule has 1 heterocycles. The third kappa shape index (κ3) is 2.33. The maximum Gasteiger partial charge on any atom is 0.132 e. The highest BCUT2D eigenvalue weighted by Crippen LogP contribution is 2.22. The Kier molecular flexibility index (Phi) is 2.49. The van der Waals surface area contributed by atoms with Gasteiger partial charge in [0.2, 0.25) is 0 Å². The fourth-order valence-electron chi connectivity index (χ4n) is 0.984. The highest BCUT2D eigenvalue weighted by atomic mass is 16.6. The Morgan fingerprint density at radius 3 is 2.56 bits per heavy atom. The lowest BCUT2D eigenvalue weighted by Gasteiger charge is -1.91. The van der Waals surface area contributed by atoms with Crippen LogP contribution in [0, 0.1) is 0 Å². The minimum atomic E-state index is 0.0712. The van der Waals surface area contributed by atoms with Crippen molar-refractivity contribution in [1.82, 2.24) is 0 Å². The standard InChI is InChI=1S/C7H15NO/c1-2-3-4-5-6-7(8)9-6/h6-7H,2-5,8H2,1H3. The van der Waals surface area contributed by atoms with Gasteiger partial charge in [0, 0.05) is 0 Å². The first-order chi connectivity index (χ1) is 4.34. The zero-order valence-electron chi connectivity index (χ0n) is 5.97. The van der Waals surface area contributed by atoms with Gasteiger partial charge >= 0.3 is 0 Å². The van der Waals surface area contributed by atoms with Gasteiger partial charge in [-0.3, -0.25) is 0 Å². The molecule has 0 amide bonds. The molecule has 0 aromatic rings. The molecule has 1 saturated heterocycles. The molecule has 2 atom stereocenters. The van der Waals surface area contributed by atoms with Gasteiger partial charge in [0.15, 0.2) is 0 Å². The van der Waals surface area contributed by atoms with Crippen LogP contribution >= 0.6 is 0 Å². The molecule has 2 unspecified atom stereocenters. The molecule has 1 aliphatic rings. The summed E-state index contributed by atoms with van der Waals surface area (Å²) in [5.41, 5.74) is 5.43. The Morgan fingerprint density at radius 1 is 1.44 bits per heavy atom. The molecule has 1 fully saturated rings. The largest absolute Gasteiger partial charge is 0.353 e. The average Bonchev–Trinajstić information content (AvgIpc) is 2.48. The molecule has 0 radical (unpaired) electrons. The van der Waals surface area contributed by atoms with Gasteiger partial charge in [-0.1, -0.05) is 26.2 Å². The summed E-state index contributed by atoms with van der Waals surface area (Å²) in [5.74, 6) is 0. The van der Waals surface area contributed by atoms with E-state index in [1.165, 1.54) is 19.3 Å². The fourth-order valence-corrected chi connectivity index (χ4v) is 0.984. The fraction of sp³-hybridized carbons (Fsp3) is 1.00. The monoisotopic (exact) mass is 129 g/mol. The van der Waals surface area contributed by atoms with Crippen molar-refractivity contribution in [3.63, 3.8) is 0 Å². The summed E-state index contributed by atoms with van der Waals surface area (Å²) in [4.78, 5) is 0. The van der Waals surface area contributed by atoms with Crippen molar-refractivity contribution in [2.45, 2.75) is 44.9 Å². The first-order valence-electron chi connectivity index (χ1n) is 3.75. The van der Waals surface area contributed by atoms with Crippen LogP contribution in [0.4, 0.5) is 0 Å². The molecule has 0 aromatic carbocycles. The van der Waals surface area contributed by atoms with Gasteiger partial charge in [-0.25, -0.2) is 0 Å². The predicted molar refractivity (Wildman–Crippen MR) is 37.0 cm³/mol. The van der Waals surface area contributed by atoms with Crippen LogP contribution < -0.4 is 5.73 Å². The topological polar surface area (TPSA) is 38.5 Å². The van der Waals surface area contributed by atoms with Crippen molar-refractivity contribution < 1.29 is 4.74 Å². The Hall–Kier alpha value is -0.0800. The van der Waals surface area contributed by atoms with Gasteiger partial charge < -0.3 is 10.5 Å². The third-order valence-corrected chi connectivity index (χ3v) is 1.71. The minimum absolute atomic E-state index is 0.0712. The van der Waals surface area contributed by atoms with Gasteiger partial charge in [0.25, 0.3) is 0 Å². The number of hydrogen-bond acceptors (Lipinski definition) is 2. The van der Waals surface area contributed by atoms with Crippen LogP contribution in [0.2, 0.25) is 0 Å². The van der Waals surface area contributed by atoms with Crippen LogP contribution in [0.5, 0.6) is 0 Å². The van der Waals surface area contributed by atoms with E-state index >= 15 is 0 Å². The maximum absolute atomic E-state index is 5.43. The molecule has 2 N–H and O–H groups in total. The van der Waals surface area contributed by atoms with Gasteiger partial charge in [-0.15, -0.1) is 0 Å². The normalized spacial score (nSPS) is 32.7. The Balaban J connectivity index is 1.83. The molecule has 2 nitrogen and oxygen atoms in total. The smallest absolute Gasteiger partial charge is 0.132 e. The van der Waals surface area contributed by atoms with E-state index in [2.05, 4.69) is 6.92 Å². The molecule has 0 aromatic heterocycles. The molecule has 0 bridgehead atoms. The molecule has 0 saturated carbocycles. The summed E-state index contributed by atoms with van der Waals surface area (Å²) in [6.07, 6.45) is 5.50. The van der Waals surface area contributed by atoms with Crippen molar-refractivity contribution >= 4 is 0 Å². The minimum Gasteiger partial charge on any atom is -0.353 e. The van der Waals surface area contributed by atoms with Crippen molar-refractivity contribution in [3.8, 4) is 0 Å². The summed E-state index contributed by atoms with van der Waals surface area (Å²) in [7, 11) is 0. The quantitative estimate of drug-likeness (QED) is 0.458. The van der Waals surface area contributed by atoms with E-state index in [-0.39, 0.29) is 6.23 Å². The second kappa shape index (κ2) is 3.18.